The van der Waals surface area contributed by atoms with Crippen molar-refractivity contribution in [2.75, 3.05) is 26.7 Å². The molecular weight excluding hydrogens is 358 g/mol. The minimum atomic E-state index is -0.0363. The Hall–Kier alpha value is -2.85. The van der Waals surface area contributed by atoms with Crippen LogP contribution in [-0.4, -0.2) is 42.5 Å². The third-order valence-electron chi connectivity index (χ3n) is 5.86. The number of nitrogens with one attached hydrogen (secondary N) is 2. The zero-order valence-electron chi connectivity index (χ0n) is 17.1. The summed E-state index contributed by atoms with van der Waals surface area (Å²) in [5.41, 5.74) is 5.71. The van der Waals surface area contributed by atoms with E-state index in [2.05, 4.69) is 57.7 Å². The molecule has 0 fully saturated rings. The Balaban J connectivity index is 1.32. The fraction of sp³-hybridized carbons (Fsp3) is 0.320. The van der Waals surface area contributed by atoms with Gasteiger partial charge in [-0.2, -0.15) is 0 Å². The molecule has 4 nitrogen and oxygen atoms in total. The van der Waals surface area contributed by atoms with Crippen LogP contribution in [0.2, 0.25) is 0 Å². The molecule has 1 aliphatic rings. The number of unbranched alkanes of at least 4 members (excludes halogenated alkanes) is 1. The first kappa shape index (κ1) is 19.5. The number of nitrogens with zero attached hydrogens (tertiary/aromatic N) is 1. The Morgan fingerprint density at radius 2 is 1.86 bits per heavy atom. The summed E-state index contributed by atoms with van der Waals surface area (Å²) in [5.74, 6) is -0.0363. The molecule has 0 unspecified atom stereocenters. The lowest BCUT2D eigenvalue weighted by Crippen LogP contribution is -2.29. The van der Waals surface area contributed by atoms with Crippen molar-refractivity contribution < 1.29 is 4.79 Å². The molecule has 3 aromatic rings. The van der Waals surface area contributed by atoms with Crippen LogP contribution in [0.15, 0.2) is 60.7 Å². The van der Waals surface area contributed by atoms with Gasteiger partial charge in [-0.3, -0.25) is 9.69 Å². The first-order valence-corrected chi connectivity index (χ1v) is 10.5. The van der Waals surface area contributed by atoms with Crippen LogP contribution in [0.5, 0.6) is 0 Å². The van der Waals surface area contributed by atoms with Crippen molar-refractivity contribution in [3.8, 4) is 0 Å². The summed E-state index contributed by atoms with van der Waals surface area (Å²) in [7, 11) is 1.69. The number of hydrogen-bond acceptors (Lipinski definition) is 2. The first-order chi connectivity index (χ1) is 14.3. The van der Waals surface area contributed by atoms with Gasteiger partial charge in [-0.1, -0.05) is 54.6 Å². The second kappa shape index (κ2) is 9.10. The van der Waals surface area contributed by atoms with Gasteiger partial charge in [-0.25, -0.2) is 0 Å². The number of para-hydroxylation sites is 1. The van der Waals surface area contributed by atoms with Gasteiger partial charge in [0.1, 0.15) is 5.69 Å². The summed E-state index contributed by atoms with van der Waals surface area (Å²) >= 11 is 0. The quantitative estimate of drug-likeness (QED) is 0.580. The second-order valence-corrected chi connectivity index (χ2v) is 7.71. The molecule has 2 aromatic carbocycles. The van der Waals surface area contributed by atoms with E-state index in [1.807, 2.05) is 18.2 Å². The molecule has 1 aliphatic heterocycles. The van der Waals surface area contributed by atoms with E-state index in [0.717, 1.165) is 56.4 Å². The standard InChI is InChI=1S/C25H29N3O/c1-26-25(29)24-22(21-11-5-6-13-23(21)27-24)12-7-8-16-28-17-14-20(15-18-28)19-9-3-2-4-10-19/h2-6,9-11,13-14,27H,7-8,12,15-18H2,1H3,(H,26,29). The van der Waals surface area contributed by atoms with Gasteiger partial charge in [0.2, 0.25) is 0 Å². The topological polar surface area (TPSA) is 48.1 Å². The highest BCUT2D eigenvalue weighted by molar-refractivity contribution is 6.00. The van der Waals surface area contributed by atoms with Crippen LogP contribution in [0.1, 0.15) is 40.9 Å². The maximum atomic E-state index is 12.3. The number of rotatable bonds is 7. The molecule has 0 atom stereocenters. The molecule has 1 aromatic heterocycles. The highest BCUT2D eigenvalue weighted by Crippen LogP contribution is 2.25. The van der Waals surface area contributed by atoms with Gasteiger partial charge in [0, 0.05) is 31.0 Å². The van der Waals surface area contributed by atoms with Crippen molar-refractivity contribution in [3.05, 3.63) is 77.5 Å². The SMILES string of the molecule is CNC(=O)c1[nH]c2ccccc2c1CCCCN1CC=C(c2ccccc2)CC1. The molecule has 2 N–H and O–H groups in total. The Bertz CT molecular complexity index is 1000. The average Bonchev–Trinajstić information content (AvgIpc) is 3.16. The largest absolute Gasteiger partial charge is 0.354 e. The normalized spacial score (nSPS) is 14.7. The summed E-state index contributed by atoms with van der Waals surface area (Å²) in [6, 6.07) is 18.9. The predicted molar refractivity (Wildman–Crippen MR) is 120 cm³/mol. The number of benzene rings is 2. The first-order valence-electron chi connectivity index (χ1n) is 10.5. The van der Waals surface area contributed by atoms with Gasteiger partial charge in [0.05, 0.1) is 0 Å². The van der Waals surface area contributed by atoms with Crippen LogP contribution in [-0.2, 0) is 6.42 Å². The highest BCUT2D eigenvalue weighted by Gasteiger charge is 2.17. The molecule has 0 bridgehead atoms. The van der Waals surface area contributed by atoms with E-state index in [1.54, 1.807) is 7.05 Å². The number of hydrogen-bond donors (Lipinski definition) is 2. The third-order valence-corrected chi connectivity index (χ3v) is 5.86. The van der Waals surface area contributed by atoms with Gasteiger partial charge in [0.25, 0.3) is 5.91 Å². The van der Waals surface area contributed by atoms with Crippen molar-refractivity contribution in [1.82, 2.24) is 15.2 Å². The third kappa shape index (κ3) is 4.43. The zero-order chi connectivity index (χ0) is 20.1. The molecular formula is C25H29N3O. The van der Waals surface area contributed by atoms with Crippen LogP contribution < -0.4 is 5.32 Å². The smallest absolute Gasteiger partial charge is 0.267 e. The molecule has 150 valence electrons. The number of aromatic nitrogens is 1. The van der Waals surface area contributed by atoms with Crippen molar-refractivity contribution in [2.24, 2.45) is 0 Å². The Morgan fingerprint density at radius 1 is 1.07 bits per heavy atom. The van der Waals surface area contributed by atoms with Crippen LogP contribution in [0, 0.1) is 0 Å². The Labute approximate surface area is 172 Å². The lowest BCUT2D eigenvalue weighted by Gasteiger charge is -2.26. The fourth-order valence-electron chi connectivity index (χ4n) is 4.24. The number of aromatic amines is 1. The van der Waals surface area contributed by atoms with Crippen molar-refractivity contribution >= 4 is 22.4 Å². The molecule has 4 heteroatoms. The molecule has 0 spiro atoms. The van der Waals surface area contributed by atoms with Crippen molar-refractivity contribution in [1.29, 1.82) is 0 Å². The van der Waals surface area contributed by atoms with Crippen LogP contribution in [0.4, 0.5) is 0 Å². The summed E-state index contributed by atoms with van der Waals surface area (Å²) in [4.78, 5) is 18.1. The summed E-state index contributed by atoms with van der Waals surface area (Å²) in [5, 5.41) is 3.92. The van der Waals surface area contributed by atoms with Crippen LogP contribution in [0.25, 0.3) is 16.5 Å². The van der Waals surface area contributed by atoms with Crippen molar-refractivity contribution in [2.45, 2.75) is 25.7 Å². The maximum absolute atomic E-state index is 12.3. The molecule has 0 radical (unpaired) electrons. The minimum Gasteiger partial charge on any atom is -0.354 e. The van der Waals surface area contributed by atoms with Crippen LogP contribution in [0.3, 0.4) is 0 Å². The molecule has 1 amide bonds. The van der Waals surface area contributed by atoms with Gasteiger partial charge in [0.15, 0.2) is 0 Å². The molecule has 0 saturated carbocycles. The van der Waals surface area contributed by atoms with E-state index in [4.69, 9.17) is 0 Å². The van der Waals surface area contributed by atoms with E-state index >= 15 is 0 Å². The average molecular weight is 388 g/mol. The number of H-pyrrole nitrogens is 1. The van der Waals surface area contributed by atoms with Gasteiger partial charge in [-0.05, 0) is 55.0 Å². The number of fused-ring (bicyclic) bond motifs is 1. The Kier molecular flexibility index (Phi) is 6.11. The predicted octanol–water partition coefficient (Wildman–Crippen LogP) is 4.64. The monoisotopic (exact) mass is 387 g/mol. The zero-order valence-corrected chi connectivity index (χ0v) is 17.1. The summed E-state index contributed by atoms with van der Waals surface area (Å²) in [6.45, 7) is 3.26. The number of carbonyl (C=O) groups is 1. The second-order valence-electron chi connectivity index (χ2n) is 7.71. The summed E-state index contributed by atoms with van der Waals surface area (Å²) < 4.78 is 0. The van der Waals surface area contributed by atoms with Gasteiger partial charge < -0.3 is 10.3 Å². The van der Waals surface area contributed by atoms with Gasteiger partial charge in [-0.15, -0.1) is 0 Å². The van der Waals surface area contributed by atoms with E-state index in [9.17, 15) is 4.79 Å². The minimum absolute atomic E-state index is 0.0363. The number of aryl methyl sites for hydroxylation is 1. The van der Waals surface area contributed by atoms with E-state index in [0.29, 0.717) is 5.69 Å². The van der Waals surface area contributed by atoms with E-state index in [1.165, 1.54) is 16.5 Å². The molecule has 29 heavy (non-hydrogen) atoms. The highest BCUT2D eigenvalue weighted by atomic mass is 16.1. The Morgan fingerprint density at radius 3 is 2.62 bits per heavy atom. The molecule has 0 saturated heterocycles. The molecule has 4 rings (SSSR count). The summed E-state index contributed by atoms with van der Waals surface area (Å²) in [6.07, 6.45) is 6.64. The van der Waals surface area contributed by atoms with Crippen LogP contribution >= 0.6 is 0 Å². The lowest BCUT2D eigenvalue weighted by atomic mass is 9.99. The van der Waals surface area contributed by atoms with E-state index in [-0.39, 0.29) is 5.91 Å². The molecule has 2 heterocycles. The van der Waals surface area contributed by atoms with E-state index < -0.39 is 0 Å². The maximum Gasteiger partial charge on any atom is 0.267 e. The van der Waals surface area contributed by atoms with Gasteiger partial charge >= 0.3 is 0 Å². The lowest BCUT2D eigenvalue weighted by molar-refractivity contribution is 0.0958. The number of carbonyl (C=O) groups excluding carboxylic acids is 1. The van der Waals surface area contributed by atoms with Crippen molar-refractivity contribution in [3.63, 3.8) is 0 Å². The fourth-order valence-corrected chi connectivity index (χ4v) is 4.24. The number of amides is 1. The molecule has 0 aliphatic carbocycles.